The van der Waals surface area contributed by atoms with Crippen LogP contribution in [-0.4, -0.2) is 11.1 Å². The van der Waals surface area contributed by atoms with Gasteiger partial charge in [0.1, 0.15) is 0 Å². The molecule has 0 aliphatic rings. The molecule has 0 rings (SSSR count). The zero-order valence-electron chi connectivity index (χ0n) is 12.9. The molecule has 0 aliphatic heterocycles. The summed E-state index contributed by atoms with van der Waals surface area (Å²) in [7, 11) is 0. The van der Waals surface area contributed by atoms with Gasteiger partial charge in [-0.15, -0.1) is 0 Å². The average Bonchev–Trinajstić information content (AvgIpc) is 2.39. The van der Waals surface area contributed by atoms with Crippen LogP contribution in [0.5, 0.6) is 0 Å². The first kappa shape index (κ1) is 18.2. The first-order chi connectivity index (χ1) is 9.18. The van der Waals surface area contributed by atoms with Crippen molar-refractivity contribution < 1.29 is 9.90 Å². The van der Waals surface area contributed by atoms with E-state index >= 15 is 0 Å². The van der Waals surface area contributed by atoms with Gasteiger partial charge in [0.2, 0.25) is 0 Å². The van der Waals surface area contributed by atoms with E-state index in [4.69, 9.17) is 5.11 Å². The predicted molar refractivity (Wildman–Crippen MR) is 82.4 cm³/mol. The summed E-state index contributed by atoms with van der Waals surface area (Å²) in [4.78, 5) is 10.6. The zero-order chi connectivity index (χ0) is 14.3. The minimum atomic E-state index is -0.661. The summed E-state index contributed by atoms with van der Waals surface area (Å²) in [5.41, 5.74) is 0. The molecule has 0 bridgehead atoms. The molecule has 0 amide bonds. The minimum absolute atomic E-state index is 0.178. The molecule has 2 nitrogen and oxygen atoms in total. The van der Waals surface area contributed by atoms with Gasteiger partial charge in [0.15, 0.2) is 0 Å². The number of hydrogen-bond donors (Lipinski definition) is 1. The number of aliphatic carboxylic acids is 1. The van der Waals surface area contributed by atoms with Crippen molar-refractivity contribution in [2.24, 2.45) is 5.92 Å². The molecule has 19 heavy (non-hydrogen) atoms. The van der Waals surface area contributed by atoms with Crippen LogP contribution in [0.2, 0.25) is 0 Å². The molecule has 1 atom stereocenters. The highest BCUT2D eigenvalue weighted by molar-refractivity contribution is 5.69. The number of rotatable bonds is 13. The van der Waals surface area contributed by atoms with Gasteiger partial charge in [0.25, 0.3) is 0 Å². The van der Waals surface area contributed by atoms with Crippen LogP contribution in [0.25, 0.3) is 0 Å². The van der Waals surface area contributed by atoms with E-state index in [1.54, 1.807) is 6.92 Å². The molecule has 0 aromatic rings. The molecule has 2 heteroatoms. The number of carboxylic acids is 1. The van der Waals surface area contributed by atoms with E-state index in [0.29, 0.717) is 0 Å². The van der Waals surface area contributed by atoms with Crippen LogP contribution in [0.1, 0.15) is 84.5 Å². The third kappa shape index (κ3) is 13.4. The Bertz CT molecular complexity index is 233. The highest BCUT2D eigenvalue weighted by atomic mass is 16.4. The lowest BCUT2D eigenvalue weighted by atomic mass is 10.0. The molecule has 0 radical (unpaired) electrons. The molecule has 0 saturated carbocycles. The van der Waals surface area contributed by atoms with Crippen molar-refractivity contribution in [3.05, 3.63) is 12.2 Å². The molecular formula is C17H32O2. The standard InChI is InChI=1S/C17H32O2/c1-3-4-5-6-7-8-9-10-11-12-13-14-15-16(2)17(18)19/h8-9,16H,3-7,10-15H2,1-2H3,(H,18,19). The molecule has 0 saturated heterocycles. The Morgan fingerprint density at radius 2 is 1.47 bits per heavy atom. The van der Waals surface area contributed by atoms with Crippen molar-refractivity contribution in [1.82, 2.24) is 0 Å². The van der Waals surface area contributed by atoms with Gasteiger partial charge < -0.3 is 5.11 Å². The maximum absolute atomic E-state index is 10.6. The van der Waals surface area contributed by atoms with Gasteiger partial charge in [-0.2, -0.15) is 0 Å². The van der Waals surface area contributed by atoms with Crippen LogP contribution >= 0.6 is 0 Å². The minimum Gasteiger partial charge on any atom is -0.481 e. The van der Waals surface area contributed by atoms with E-state index in [2.05, 4.69) is 19.1 Å². The van der Waals surface area contributed by atoms with Crippen LogP contribution in [0.15, 0.2) is 12.2 Å². The largest absolute Gasteiger partial charge is 0.481 e. The number of allylic oxidation sites excluding steroid dienone is 2. The van der Waals surface area contributed by atoms with Gasteiger partial charge in [0, 0.05) is 0 Å². The predicted octanol–water partition coefficient (Wildman–Crippen LogP) is 5.57. The normalized spacial score (nSPS) is 12.9. The summed E-state index contributed by atoms with van der Waals surface area (Å²) in [6.45, 7) is 4.04. The molecule has 0 fully saturated rings. The van der Waals surface area contributed by atoms with Crippen molar-refractivity contribution in [1.29, 1.82) is 0 Å². The van der Waals surface area contributed by atoms with E-state index in [9.17, 15) is 4.79 Å². The second-order valence-electron chi connectivity index (χ2n) is 5.55. The molecular weight excluding hydrogens is 236 g/mol. The Labute approximate surface area is 119 Å². The molecule has 112 valence electrons. The van der Waals surface area contributed by atoms with E-state index in [1.165, 1.54) is 57.8 Å². The first-order valence-electron chi connectivity index (χ1n) is 8.06. The summed E-state index contributed by atoms with van der Waals surface area (Å²) in [5.74, 6) is -0.839. The van der Waals surface area contributed by atoms with E-state index < -0.39 is 5.97 Å². The summed E-state index contributed by atoms with van der Waals surface area (Å²) in [6.07, 6.45) is 17.9. The van der Waals surface area contributed by atoms with Crippen LogP contribution in [0, 0.1) is 5.92 Å². The lowest BCUT2D eigenvalue weighted by Gasteiger charge is -2.04. The molecule has 1 N–H and O–H groups in total. The van der Waals surface area contributed by atoms with Crippen LogP contribution in [0.3, 0.4) is 0 Å². The van der Waals surface area contributed by atoms with Gasteiger partial charge in [-0.3, -0.25) is 4.79 Å². The summed E-state index contributed by atoms with van der Waals surface area (Å²) >= 11 is 0. The SMILES string of the molecule is CCCCCCC=CCCCCCCC(C)C(=O)O. The number of unbranched alkanes of at least 4 members (excludes halogenated alkanes) is 8. The van der Waals surface area contributed by atoms with Gasteiger partial charge >= 0.3 is 5.97 Å². The molecule has 0 heterocycles. The van der Waals surface area contributed by atoms with Crippen molar-refractivity contribution in [2.45, 2.75) is 84.5 Å². The van der Waals surface area contributed by atoms with E-state index in [1.807, 2.05) is 0 Å². The summed E-state index contributed by atoms with van der Waals surface area (Å²) < 4.78 is 0. The van der Waals surface area contributed by atoms with Gasteiger partial charge in [0.05, 0.1) is 5.92 Å². The number of hydrogen-bond acceptors (Lipinski definition) is 1. The second-order valence-corrected chi connectivity index (χ2v) is 5.55. The second kappa shape index (κ2) is 13.6. The summed E-state index contributed by atoms with van der Waals surface area (Å²) in [6, 6.07) is 0. The molecule has 0 spiro atoms. The van der Waals surface area contributed by atoms with Crippen LogP contribution in [-0.2, 0) is 4.79 Å². The molecule has 1 unspecified atom stereocenters. The van der Waals surface area contributed by atoms with Gasteiger partial charge in [-0.05, 0) is 32.1 Å². The lowest BCUT2D eigenvalue weighted by Crippen LogP contribution is -2.08. The Morgan fingerprint density at radius 3 is 2.00 bits per heavy atom. The average molecular weight is 268 g/mol. The monoisotopic (exact) mass is 268 g/mol. The third-order valence-electron chi connectivity index (χ3n) is 3.57. The van der Waals surface area contributed by atoms with Crippen LogP contribution in [0.4, 0.5) is 0 Å². The van der Waals surface area contributed by atoms with Crippen molar-refractivity contribution in [2.75, 3.05) is 0 Å². The number of carbonyl (C=O) groups is 1. The van der Waals surface area contributed by atoms with Gasteiger partial charge in [-0.25, -0.2) is 0 Å². The Morgan fingerprint density at radius 1 is 0.947 bits per heavy atom. The third-order valence-corrected chi connectivity index (χ3v) is 3.57. The maximum atomic E-state index is 10.6. The number of carboxylic acid groups (broad SMARTS) is 1. The van der Waals surface area contributed by atoms with Crippen LogP contribution < -0.4 is 0 Å². The van der Waals surface area contributed by atoms with E-state index in [0.717, 1.165) is 12.8 Å². The van der Waals surface area contributed by atoms with E-state index in [-0.39, 0.29) is 5.92 Å². The Balaban J connectivity index is 3.18. The molecule has 0 aliphatic carbocycles. The van der Waals surface area contributed by atoms with Gasteiger partial charge in [-0.1, -0.05) is 64.5 Å². The summed E-state index contributed by atoms with van der Waals surface area (Å²) in [5, 5.41) is 8.75. The first-order valence-corrected chi connectivity index (χ1v) is 8.06. The van der Waals surface area contributed by atoms with Crippen molar-refractivity contribution in [3.63, 3.8) is 0 Å². The quantitative estimate of drug-likeness (QED) is 0.350. The maximum Gasteiger partial charge on any atom is 0.306 e. The lowest BCUT2D eigenvalue weighted by molar-refractivity contribution is -0.141. The Hall–Kier alpha value is -0.790. The zero-order valence-corrected chi connectivity index (χ0v) is 12.9. The highest BCUT2D eigenvalue weighted by Crippen LogP contribution is 2.12. The Kier molecular flexibility index (Phi) is 13.1. The fourth-order valence-corrected chi connectivity index (χ4v) is 2.11. The van der Waals surface area contributed by atoms with Crippen molar-refractivity contribution >= 4 is 5.97 Å². The molecule has 0 aromatic heterocycles. The van der Waals surface area contributed by atoms with Crippen molar-refractivity contribution in [3.8, 4) is 0 Å². The topological polar surface area (TPSA) is 37.3 Å². The molecule has 0 aromatic carbocycles. The fourth-order valence-electron chi connectivity index (χ4n) is 2.11. The smallest absolute Gasteiger partial charge is 0.306 e. The fraction of sp³-hybridized carbons (Fsp3) is 0.824. The highest BCUT2D eigenvalue weighted by Gasteiger charge is 2.09.